The zero-order chi connectivity index (χ0) is 19.6. The maximum Gasteiger partial charge on any atom is 0.413 e. The Hall–Kier alpha value is -3.41. The summed E-state index contributed by atoms with van der Waals surface area (Å²) in [6, 6.07) is 0.904. The minimum atomic E-state index is -1.09. The number of nitrogens with one attached hydrogen (secondary N) is 1. The second-order valence-corrected chi connectivity index (χ2v) is 5.44. The molecule has 28 heavy (non-hydrogen) atoms. The van der Waals surface area contributed by atoms with Crippen LogP contribution < -0.4 is 11.1 Å². The molecule has 0 saturated carbocycles. The van der Waals surface area contributed by atoms with E-state index in [1.54, 1.807) is 0 Å². The third kappa shape index (κ3) is 4.46. The molecule has 0 bridgehead atoms. The molecule has 3 aromatic rings. The summed E-state index contributed by atoms with van der Waals surface area (Å²) in [5.74, 6) is -1.29. The second kappa shape index (κ2) is 8.52. The molecule has 0 aromatic carbocycles. The van der Waals surface area contributed by atoms with Crippen LogP contribution in [0.1, 0.15) is 18.6 Å². The van der Waals surface area contributed by atoms with Crippen LogP contribution in [0.3, 0.4) is 0 Å². The number of carbonyl (C=O) groups excluding carboxylic acids is 1. The summed E-state index contributed by atoms with van der Waals surface area (Å²) in [5.41, 5.74) is 5.85. The molecular formula is C15H15ClF2N8O2. The lowest BCUT2D eigenvalue weighted by Gasteiger charge is -2.14. The quantitative estimate of drug-likeness (QED) is 0.623. The first-order valence-electron chi connectivity index (χ1n) is 7.61. The average Bonchev–Trinajstić information content (AvgIpc) is 2.98. The van der Waals surface area contributed by atoms with E-state index in [1.807, 2.05) is 0 Å². The summed E-state index contributed by atoms with van der Waals surface area (Å²) in [5, 5.41) is 10.2. The summed E-state index contributed by atoms with van der Waals surface area (Å²) in [6.07, 6.45) is 1.41. The zero-order valence-electron chi connectivity index (χ0n) is 14.6. The highest BCUT2D eigenvalue weighted by molar-refractivity contribution is 5.88. The first-order valence-corrected chi connectivity index (χ1v) is 7.61. The van der Waals surface area contributed by atoms with E-state index in [9.17, 15) is 13.6 Å². The van der Waals surface area contributed by atoms with Crippen molar-refractivity contribution < 1.29 is 18.3 Å². The number of amides is 1. The van der Waals surface area contributed by atoms with Crippen LogP contribution in [0, 0.1) is 11.8 Å². The van der Waals surface area contributed by atoms with E-state index >= 15 is 0 Å². The van der Waals surface area contributed by atoms with Gasteiger partial charge in [-0.1, -0.05) is 5.21 Å². The number of nitrogens with zero attached hydrogens (tertiary/aromatic N) is 6. The molecule has 10 nitrogen and oxygen atoms in total. The SMILES string of the molecule is C[C@@H](OC(=O)Nc1c(-c2cnc(N)cn2)nnn1C)c1cc(F)cnc1F.Cl. The van der Waals surface area contributed by atoms with Gasteiger partial charge in [-0.05, 0) is 13.0 Å². The fraction of sp³-hybridized carbons (Fsp3) is 0.200. The lowest BCUT2D eigenvalue weighted by Crippen LogP contribution is -2.19. The fourth-order valence-electron chi connectivity index (χ4n) is 2.20. The lowest BCUT2D eigenvalue weighted by molar-refractivity contribution is 0.118. The van der Waals surface area contributed by atoms with Gasteiger partial charge in [0.15, 0.2) is 11.5 Å². The Morgan fingerprint density at radius 1 is 1.25 bits per heavy atom. The van der Waals surface area contributed by atoms with E-state index in [4.69, 9.17) is 10.5 Å². The molecule has 0 spiro atoms. The molecule has 0 radical (unpaired) electrons. The van der Waals surface area contributed by atoms with E-state index in [0.717, 1.165) is 12.3 Å². The summed E-state index contributed by atoms with van der Waals surface area (Å²) in [6.45, 7) is 1.38. The number of nitrogens with two attached hydrogens (primary N) is 1. The van der Waals surface area contributed by atoms with Gasteiger partial charge in [-0.15, -0.1) is 17.5 Å². The molecule has 13 heteroatoms. The van der Waals surface area contributed by atoms with Crippen molar-refractivity contribution in [3.05, 3.63) is 42.0 Å². The minimum absolute atomic E-state index is 0. The number of nitrogen functional groups attached to an aromatic ring is 1. The van der Waals surface area contributed by atoms with E-state index in [0.29, 0.717) is 5.69 Å². The molecule has 3 rings (SSSR count). The van der Waals surface area contributed by atoms with Crippen molar-refractivity contribution in [1.82, 2.24) is 29.9 Å². The highest BCUT2D eigenvalue weighted by Gasteiger charge is 2.21. The van der Waals surface area contributed by atoms with Crippen LogP contribution in [0.2, 0.25) is 0 Å². The van der Waals surface area contributed by atoms with Crippen molar-refractivity contribution in [2.45, 2.75) is 13.0 Å². The van der Waals surface area contributed by atoms with Crippen molar-refractivity contribution in [1.29, 1.82) is 0 Å². The zero-order valence-corrected chi connectivity index (χ0v) is 15.4. The van der Waals surface area contributed by atoms with E-state index in [-0.39, 0.29) is 35.3 Å². The van der Waals surface area contributed by atoms with Crippen LogP contribution in [0.5, 0.6) is 0 Å². The monoisotopic (exact) mass is 412 g/mol. The fourth-order valence-corrected chi connectivity index (χ4v) is 2.20. The van der Waals surface area contributed by atoms with E-state index in [2.05, 4.69) is 30.6 Å². The van der Waals surface area contributed by atoms with Crippen LogP contribution >= 0.6 is 12.4 Å². The van der Waals surface area contributed by atoms with Crippen LogP contribution in [-0.2, 0) is 11.8 Å². The van der Waals surface area contributed by atoms with Gasteiger partial charge in [-0.3, -0.25) is 5.32 Å². The summed E-state index contributed by atoms with van der Waals surface area (Å²) < 4.78 is 33.3. The summed E-state index contributed by atoms with van der Waals surface area (Å²) >= 11 is 0. The average molecular weight is 413 g/mol. The third-order valence-electron chi connectivity index (χ3n) is 3.52. The number of hydrogen-bond acceptors (Lipinski definition) is 8. The Balaban J connectivity index is 0.00000280. The third-order valence-corrected chi connectivity index (χ3v) is 3.52. The molecule has 0 saturated heterocycles. The largest absolute Gasteiger partial charge is 0.441 e. The molecule has 0 aliphatic carbocycles. The van der Waals surface area contributed by atoms with Gasteiger partial charge in [-0.25, -0.2) is 28.8 Å². The lowest BCUT2D eigenvalue weighted by atomic mass is 10.2. The van der Waals surface area contributed by atoms with E-state index in [1.165, 1.54) is 31.0 Å². The highest BCUT2D eigenvalue weighted by Crippen LogP contribution is 2.24. The maximum absolute atomic E-state index is 13.7. The Morgan fingerprint density at radius 3 is 2.68 bits per heavy atom. The van der Waals surface area contributed by atoms with Crippen molar-refractivity contribution in [3.63, 3.8) is 0 Å². The van der Waals surface area contributed by atoms with Gasteiger partial charge >= 0.3 is 6.09 Å². The number of aromatic nitrogens is 6. The van der Waals surface area contributed by atoms with Crippen LogP contribution in [0.25, 0.3) is 11.4 Å². The van der Waals surface area contributed by atoms with Crippen molar-refractivity contribution in [3.8, 4) is 11.4 Å². The topological polar surface area (TPSA) is 134 Å². The molecule has 1 amide bonds. The molecule has 148 valence electrons. The smallest absolute Gasteiger partial charge is 0.413 e. The molecule has 0 aliphatic heterocycles. The number of aryl methyl sites for hydroxylation is 1. The van der Waals surface area contributed by atoms with Gasteiger partial charge in [0.25, 0.3) is 0 Å². The maximum atomic E-state index is 13.7. The van der Waals surface area contributed by atoms with Crippen LogP contribution in [-0.4, -0.2) is 36.0 Å². The molecular weight excluding hydrogens is 398 g/mol. The van der Waals surface area contributed by atoms with Gasteiger partial charge in [-0.2, -0.15) is 4.39 Å². The number of hydrogen-bond donors (Lipinski definition) is 2. The molecule has 3 N–H and O–H groups in total. The van der Waals surface area contributed by atoms with Gasteiger partial charge in [0.05, 0.1) is 24.2 Å². The predicted octanol–water partition coefficient (Wildman–Crippen LogP) is 2.26. The van der Waals surface area contributed by atoms with Gasteiger partial charge < -0.3 is 10.5 Å². The number of anilines is 2. The Morgan fingerprint density at radius 2 is 2.00 bits per heavy atom. The van der Waals surface area contributed by atoms with Crippen molar-refractivity contribution in [2.24, 2.45) is 7.05 Å². The number of ether oxygens (including phenoxy) is 1. The minimum Gasteiger partial charge on any atom is -0.441 e. The first-order chi connectivity index (χ1) is 12.8. The molecule has 3 heterocycles. The number of rotatable bonds is 4. The Labute approximate surface area is 163 Å². The Bertz CT molecular complexity index is 983. The Kier molecular flexibility index (Phi) is 6.36. The number of carbonyl (C=O) groups is 1. The van der Waals surface area contributed by atoms with Crippen molar-refractivity contribution in [2.75, 3.05) is 11.1 Å². The molecule has 0 fully saturated rings. The van der Waals surface area contributed by atoms with Gasteiger partial charge in [0, 0.05) is 7.05 Å². The molecule has 0 unspecified atom stereocenters. The number of halogens is 3. The summed E-state index contributed by atoms with van der Waals surface area (Å²) in [4.78, 5) is 23.4. The van der Waals surface area contributed by atoms with Gasteiger partial charge in [0.1, 0.15) is 23.4 Å². The predicted molar refractivity (Wildman–Crippen MR) is 96.4 cm³/mol. The highest BCUT2D eigenvalue weighted by atomic mass is 35.5. The molecule has 0 aliphatic rings. The first kappa shape index (κ1) is 20.9. The molecule has 1 atom stereocenters. The van der Waals surface area contributed by atoms with Gasteiger partial charge in [0.2, 0.25) is 5.95 Å². The van der Waals surface area contributed by atoms with Crippen molar-refractivity contribution >= 4 is 30.1 Å². The summed E-state index contributed by atoms with van der Waals surface area (Å²) in [7, 11) is 1.54. The second-order valence-electron chi connectivity index (χ2n) is 5.44. The normalized spacial score (nSPS) is 11.4. The van der Waals surface area contributed by atoms with Crippen LogP contribution in [0.15, 0.2) is 24.7 Å². The number of pyridine rings is 1. The van der Waals surface area contributed by atoms with E-state index < -0.39 is 24.0 Å². The molecule has 3 aromatic heterocycles. The van der Waals surface area contributed by atoms with Crippen LogP contribution in [0.4, 0.5) is 25.2 Å². The standard InChI is InChI=1S/C15H14F2N8O2.ClH/c1-7(9-3-8(16)4-21-13(9)17)27-15(26)22-14-12(23-24-25(14)2)10-5-20-11(18)6-19-10;/h3-7H,1-2H3,(H2,18,20)(H,22,26);1H/t7-;/m1./s1.